The summed E-state index contributed by atoms with van der Waals surface area (Å²) in [5.41, 5.74) is 0. The van der Waals surface area contributed by atoms with E-state index >= 15 is 0 Å². The lowest BCUT2D eigenvalue weighted by molar-refractivity contribution is -0.142. The van der Waals surface area contributed by atoms with Gasteiger partial charge in [0.2, 0.25) is 11.8 Å². The summed E-state index contributed by atoms with van der Waals surface area (Å²) in [7, 11) is 0. The summed E-state index contributed by atoms with van der Waals surface area (Å²) in [5.74, 6) is -2.51. The molecule has 0 radical (unpaired) electrons. The Morgan fingerprint density at radius 1 is 1.26 bits per heavy atom. The molecule has 1 heterocycles. The Bertz CT molecular complexity index is 369. The second-order valence-electron chi connectivity index (χ2n) is 5.02. The minimum absolute atomic E-state index is 0.0884. The first-order chi connectivity index (χ1) is 8.82. The molecule has 0 bridgehead atoms. The Labute approximate surface area is 111 Å². The van der Waals surface area contributed by atoms with Crippen LogP contribution >= 0.6 is 0 Å². The summed E-state index contributed by atoms with van der Waals surface area (Å²) < 4.78 is 5.07. The van der Waals surface area contributed by atoms with E-state index in [4.69, 9.17) is 9.84 Å². The number of hydrogen-bond donors (Lipinski definition) is 3. The van der Waals surface area contributed by atoms with Crippen LogP contribution in [0.1, 0.15) is 20.8 Å². The number of nitrogens with one attached hydrogen (secondary N) is 2. The highest BCUT2D eigenvalue weighted by Gasteiger charge is 2.36. The molecule has 3 unspecified atom stereocenters. The summed E-state index contributed by atoms with van der Waals surface area (Å²) in [6, 6.07) is -1.23. The van der Waals surface area contributed by atoms with Crippen molar-refractivity contribution in [1.82, 2.24) is 10.6 Å². The number of ether oxygens (including phenoxy) is 1. The van der Waals surface area contributed by atoms with Crippen LogP contribution in [0.25, 0.3) is 0 Å². The van der Waals surface area contributed by atoms with Crippen LogP contribution in [0.15, 0.2) is 0 Å². The van der Waals surface area contributed by atoms with Crippen molar-refractivity contribution in [1.29, 1.82) is 0 Å². The van der Waals surface area contributed by atoms with Crippen LogP contribution in [0.2, 0.25) is 0 Å². The molecule has 1 saturated heterocycles. The number of amides is 2. The maximum atomic E-state index is 12.1. The zero-order valence-electron chi connectivity index (χ0n) is 11.3. The van der Waals surface area contributed by atoms with E-state index in [0.29, 0.717) is 0 Å². The molecule has 0 aromatic rings. The third-order valence-corrected chi connectivity index (χ3v) is 3.03. The van der Waals surface area contributed by atoms with Crippen LogP contribution in [0.5, 0.6) is 0 Å². The lowest BCUT2D eigenvalue weighted by atomic mass is 10.0. The molecule has 7 heteroatoms. The fraction of sp³-hybridized carbons (Fsp3) is 0.750. The average Bonchev–Trinajstić information content (AvgIpc) is 2.73. The SMILES string of the molecule is CC(=O)NC(C(=O)NC1COCC1C(=O)O)C(C)C. The maximum Gasteiger partial charge on any atom is 0.311 e. The molecule has 1 aliphatic heterocycles. The largest absolute Gasteiger partial charge is 0.481 e. The number of carboxylic acid groups (broad SMARTS) is 1. The van der Waals surface area contributed by atoms with Crippen LogP contribution in [0.3, 0.4) is 0 Å². The average molecular weight is 272 g/mol. The summed E-state index contributed by atoms with van der Waals surface area (Å²) in [6.07, 6.45) is 0. The maximum absolute atomic E-state index is 12.1. The Morgan fingerprint density at radius 2 is 1.89 bits per heavy atom. The van der Waals surface area contributed by atoms with E-state index in [9.17, 15) is 14.4 Å². The number of hydrogen-bond acceptors (Lipinski definition) is 4. The standard InChI is InChI=1S/C12H20N2O5/c1-6(2)10(13-7(3)15)11(16)14-9-5-19-4-8(9)12(17)18/h6,8-10H,4-5H2,1-3H3,(H,13,15)(H,14,16)(H,17,18). The van der Waals surface area contributed by atoms with Crippen molar-refractivity contribution in [2.45, 2.75) is 32.9 Å². The van der Waals surface area contributed by atoms with Gasteiger partial charge in [-0.1, -0.05) is 13.8 Å². The lowest BCUT2D eigenvalue weighted by Crippen LogP contribution is -2.53. The van der Waals surface area contributed by atoms with Crippen molar-refractivity contribution < 1.29 is 24.2 Å². The highest BCUT2D eigenvalue weighted by molar-refractivity contribution is 5.87. The third kappa shape index (κ3) is 4.20. The van der Waals surface area contributed by atoms with Crippen molar-refractivity contribution in [3.05, 3.63) is 0 Å². The number of aliphatic carboxylic acids is 1. The van der Waals surface area contributed by atoms with Gasteiger partial charge in [-0.05, 0) is 5.92 Å². The number of rotatable bonds is 5. The minimum Gasteiger partial charge on any atom is -0.481 e. The van der Waals surface area contributed by atoms with Crippen molar-refractivity contribution in [2.24, 2.45) is 11.8 Å². The van der Waals surface area contributed by atoms with Gasteiger partial charge in [0.1, 0.15) is 12.0 Å². The van der Waals surface area contributed by atoms with E-state index in [0.717, 1.165) is 0 Å². The molecule has 1 rings (SSSR count). The molecule has 7 nitrogen and oxygen atoms in total. The fourth-order valence-corrected chi connectivity index (χ4v) is 1.97. The summed E-state index contributed by atoms with van der Waals surface area (Å²) in [6.45, 7) is 5.21. The number of carbonyl (C=O) groups is 3. The molecule has 3 N–H and O–H groups in total. The molecule has 0 saturated carbocycles. The van der Waals surface area contributed by atoms with E-state index < -0.39 is 24.0 Å². The van der Waals surface area contributed by atoms with Crippen LogP contribution in [0, 0.1) is 11.8 Å². The Kier molecular flexibility index (Phi) is 5.29. The minimum atomic E-state index is -0.997. The van der Waals surface area contributed by atoms with Gasteiger partial charge < -0.3 is 20.5 Å². The van der Waals surface area contributed by atoms with Gasteiger partial charge in [0.15, 0.2) is 0 Å². The second-order valence-corrected chi connectivity index (χ2v) is 5.02. The predicted octanol–water partition coefficient (Wildman–Crippen LogP) is -0.637. The lowest BCUT2D eigenvalue weighted by Gasteiger charge is -2.24. The first-order valence-electron chi connectivity index (χ1n) is 6.21. The van der Waals surface area contributed by atoms with Gasteiger partial charge in [-0.2, -0.15) is 0 Å². The zero-order valence-corrected chi connectivity index (χ0v) is 11.3. The molecule has 19 heavy (non-hydrogen) atoms. The number of carbonyl (C=O) groups excluding carboxylic acids is 2. The molecule has 2 amide bonds. The molecule has 108 valence electrons. The normalized spacial score (nSPS) is 24.0. The first-order valence-corrected chi connectivity index (χ1v) is 6.21. The number of carboxylic acids is 1. The molecular weight excluding hydrogens is 252 g/mol. The van der Waals surface area contributed by atoms with E-state index in [1.165, 1.54) is 6.92 Å². The van der Waals surface area contributed by atoms with Gasteiger partial charge in [0.05, 0.1) is 19.3 Å². The molecule has 1 fully saturated rings. The van der Waals surface area contributed by atoms with Gasteiger partial charge in [-0.25, -0.2) is 0 Å². The van der Waals surface area contributed by atoms with Crippen LogP contribution < -0.4 is 10.6 Å². The van der Waals surface area contributed by atoms with Gasteiger partial charge in [-0.3, -0.25) is 14.4 Å². The molecule has 0 spiro atoms. The third-order valence-electron chi connectivity index (χ3n) is 3.03. The van der Waals surface area contributed by atoms with Crippen molar-refractivity contribution in [3.63, 3.8) is 0 Å². The van der Waals surface area contributed by atoms with Gasteiger partial charge in [0, 0.05) is 6.92 Å². The Balaban J connectivity index is 2.65. The van der Waals surface area contributed by atoms with Crippen molar-refractivity contribution in [3.8, 4) is 0 Å². The highest BCUT2D eigenvalue weighted by atomic mass is 16.5. The van der Waals surface area contributed by atoms with Crippen LogP contribution in [0.4, 0.5) is 0 Å². The molecule has 0 aliphatic carbocycles. The Hall–Kier alpha value is -1.63. The highest BCUT2D eigenvalue weighted by Crippen LogP contribution is 2.14. The van der Waals surface area contributed by atoms with Crippen molar-refractivity contribution >= 4 is 17.8 Å². The second kappa shape index (κ2) is 6.51. The van der Waals surface area contributed by atoms with Crippen LogP contribution in [-0.2, 0) is 19.1 Å². The fourth-order valence-electron chi connectivity index (χ4n) is 1.97. The summed E-state index contributed by atoms with van der Waals surface area (Å²) in [4.78, 5) is 34.1. The molecule has 3 atom stereocenters. The topological polar surface area (TPSA) is 105 Å². The predicted molar refractivity (Wildman–Crippen MR) is 66.3 cm³/mol. The van der Waals surface area contributed by atoms with E-state index in [-0.39, 0.29) is 30.9 Å². The van der Waals surface area contributed by atoms with Gasteiger partial charge in [-0.15, -0.1) is 0 Å². The van der Waals surface area contributed by atoms with Crippen molar-refractivity contribution in [2.75, 3.05) is 13.2 Å². The quantitative estimate of drug-likeness (QED) is 0.617. The summed E-state index contributed by atoms with van der Waals surface area (Å²) >= 11 is 0. The molecule has 0 aromatic carbocycles. The molecular formula is C12H20N2O5. The van der Waals surface area contributed by atoms with E-state index in [1.54, 1.807) is 13.8 Å². The van der Waals surface area contributed by atoms with E-state index in [1.807, 2.05) is 0 Å². The monoisotopic (exact) mass is 272 g/mol. The van der Waals surface area contributed by atoms with Gasteiger partial charge in [0.25, 0.3) is 0 Å². The van der Waals surface area contributed by atoms with E-state index in [2.05, 4.69) is 10.6 Å². The smallest absolute Gasteiger partial charge is 0.311 e. The Morgan fingerprint density at radius 3 is 2.37 bits per heavy atom. The molecule has 1 aliphatic rings. The van der Waals surface area contributed by atoms with Crippen LogP contribution in [-0.4, -0.2) is 48.2 Å². The molecule has 0 aromatic heterocycles. The first kappa shape index (κ1) is 15.4. The van der Waals surface area contributed by atoms with Gasteiger partial charge >= 0.3 is 5.97 Å². The summed E-state index contributed by atoms with van der Waals surface area (Å²) in [5, 5.41) is 14.2. The zero-order chi connectivity index (χ0) is 14.6.